The summed E-state index contributed by atoms with van der Waals surface area (Å²) in [4.78, 5) is 12.3. The van der Waals surface area contributed by atoms with Gasteiger partial charge in [-0.3, -0.25) is 4.79 Å². The fourth-order valence-electron chi connectivity index (χ4n) is 2.23. The molecule has 25 heavy (non-hydrogen) atoms. The van der Waals surface area contributed by atoms with Gasteiger partial charge >= 0.3 is 0 Å². The van der Waals surface area contributed by atoms with E-state index in [-0.39, 0.29) is 11.2 Å². The van der Waals surface area contributed by atoms with E-state index in [9.17, 15) is 4.79 Å². The molecule has 3 aromatic rings. The zero-order valence-electron chi connectivity index (χ0n) is 14.0. The molecule has 1 unspecified atom stereocenters. The van der Waals surface area contributed by atoms with Crippen LogP contribution in [0.25, 0.3) is 11.4 Å². The Morgan fingerprint density at radius 3 is 2.48 bits per heavy atom. The Bertz CT molecular complexity index is 861. The number of anilines is 1. The molecule has 0 bridgehead atoms. The first-order valence-electron chi connectivity index (χ1n) is 7.84. The number of carbonyl (C=O) groups excluding carboxylic acids is 1. The van der Waals surface area contributed by atoms with Gasteiger partial charge in [0, 0.05) is 11.3 Å². The number of amides is 1. The van der Waals surface area contributed by atoms with Crippen molar-refractivity contribution in [1.82, 2.24) is 14.9 Å². The van der Waals surface area contributed by atoms with Crippen molar-refractivity contribution in [2.24, 2.45) is 0 Å². The van der Waals surface area contributed by atoms with Crippen molar-refractivity contribution < 1.29 is 4.79 Å². The van der Waals surface area contributed by atoms with Crippen LogP contribution in [-0.4, -0.2) is 26.0 Å². The topological polar surface area (TPSA) is 85.8 Å². The molecule has 3 N–H and O–H groups in total. The first-order valence-corrected chi connectivity index (χ1v) is 8.72. The predicted molar refractivity (Wildman–Crippen MR) is 101 cm³/mol. The lowest BCUT2D eigenvalue weighted by Crippen LogP contribution is -2.23. The Balaban J connectivity index is 1.70. The Morgan fingerprint density at radius 2 is 1.80 bits per heavy atom. The summed E-state index contributed by atoms with van der Waals surface area (Å²) in [5.74, 6) is 6.57. The molecule has 0 fully saturated rings. The van der Waals surface area contributed by atoms with E-state index < -0.39 is 0 Å². The molecule has 7 heteroatoms. The van der Waals surface area contributed by atoms with Crippen molar-refractivity contribution in [3.8, 4) is 11.4 Å². The van der Waals surface area contributed by atoms with Gasteiger partial charge in [0.25, 0.3) is 0 Å². The molecule has 0 saturated carbocycles. The normalized spacial score (nSPS) is 11.9. The minimum atomic E-state index is -0.363. The molecule has 0 aliphatic carbocycles. The van der Waals surface area contributed by atoms with Crippen LogP contribution in [0.2, 0.25) is 0 Å². The van der Waals surface area contributed by atoms with Crippen LogP contribution >= 0.6 is 11.8 Å². The van der Waals surface area contributed by atoms with E-state index in [2.05, 4.69) is 15.5 Å². The number of aryl methyl sites for hydroxylation is 1. The highest BCUT2D eigenvalue weighted by Gasteiger charge is 2.20. The van der Waals surface area contributed by atoms with Gasteiger partial charge in [-0.2, -0.15) is 0 Å². The third-order valence-corrected chi connectivity index (χ3v) is 4.72. The third kappa shape index (κ3) is 4.00. The average Bonchev–Trinajstić information content (AvgIpc) is 2.97. The van der Waals surface area contributed by atoms with Gasteiger partial charge in [-0.05, 0) is 26.0 Å². The van der Waals surface area contributed by atoms with E-state index >= 15 is 0 Å². The van der Waals surface area contributed by atoms with Crippen molar-refractivity contribution in [2.45, 2.75) is 24.3 Å². The lowest BCUT2D eigenvalue weighted by atomic mass is 10.1. The number of rotatable bonds is 5. The number of carbonyl (C=O) groups is 1. The second-order valence-corrected chi connectivity index (χ2v) is 6.97. The Hall–Kier alpha value is -2.80. The molecule has 1 heterocycles. The van der Waals surface area contributed by atoms with Gasteiger partial charge in [-0.25, -0.2) is 4.68 Å². The maximum atomic E-state index is 12.3. The standard InChI is InChI=1S/C18H19N5OS/c1-12-8-10-14(11-9-12)16-21-22-18(23(16)19)25-13(2)17(24)20-15-6-4-3-5-7-15/h3-11,13H,19H2,1-2H3,(H,20,24). The lowest BCUT2D eigenvalue weighted by Gasteiger charge is -2.11. The number of thioether (sulfide) groups is 1. The number of hydrogen-bond acceptors (Lipinski definition) is 5. The van der Waals surface area contributed by atoms with Gasteiger partial charge in [0.1, 0.15) is 0 Å². The number of hydrogen-bond donors (Lipinski definition) is 2. The van der Waals surface area contributed by atoms with Gasteiger partial charge < -0.3 is 11.2 Å². The second kappa shape index (κ2) is 7.40. The summed E-state index contributed by atoms with van der Waals surface area (Å²) in [5.41, 5.74) is 2.80. The fourth-order valence-corrected chi connectivity index (χ4v) is 3.00. The Kier molecular flexibility index (Phi) is 5.04. The molecule has 1 aromatic heterocycles. The number of aromatic nitrogens is 3. The minimum Gasteiger partial charge on any atom is -0.335 e. The summed E-state index contributed by atoms with van der Waals surface area (Å²) >= 11 is 1.27. The van der Waals surface area contributed by atoms with E-state index in [1.165, 1.54) is 16.4 Å². The quantitative estimate of drug-likeness (QED) is 0.544. The molecule has 1 atom stereocenters. The zero-order chi connectivity index (χ0) is 17.8. The summed E-state index contributed by atoms with van der Waals surface area (Å²) in [6.07, 6.45) is 0. The summed E-state index contributed by atoms with van der Waals surface area (Å²) in [6, 6.07) is 17.2. The van der Waals surface area contributed by atoms with E-state index in [1.54, 1.807) is 0 Å². The molecular formula is C18H19N5OS. The van der Waals surface area contributed by atoms with Crippen molar-refractivity contribution >= 4 is 23.4 Å². The van der Waals surface area contributed by atoms with Crippen LogP contribution in [-0.2, 0) is 4.79 Å². The Labute approximate surface area is 150 Å². The molecule has 2 aromatic carbocycles. The van der Waals surface area contributed by atoms with E-state index in [0.29, 0.717) is 11.0 Å². The fraction of sp³-hybridized carbons (Fsp3) is 0.167. The van der Waals surface area contributed by atoms with E-state index in [4.69, 9.17) is 5.84 Å². The summed E-state index contributed by atoms with van der Waals surface area (Å²) in [6.45, 7) is 3.83. The zero-order valence-corrected chi connectivity index (χ0v) is 14.8. The number of nitrogens with zero attached hydrogens (tertiary/aromatic N) is 3. The van der Waals surface area contributed by atoms with Crippen LogP contribution in [0.1, 0.15) is 12.5 Å². The highest BCUT2D eigenvalue weighted by Crippen LogP contribution is 2.25. The molecule has 1 amide bonds. The van der Waals surface area contributed by atoms with Crippen LogP contribution in [0.4, 0.5) is 5.69 Å². The van der Waals surface area contributed by atoms with Crippen LogP contribution in [0.5, 0.6) is 0 Å². The minimum absolute atomic E-state index is 0.115. The van der Waals surface area contributed by atoms with Crippen molar-refractivity contribution in [3.05, 3.63) is 60.2 Å². The van der Waals surface area contributed by atoms with Crippen LogP contribution in [0.15, 0.2) is 59.8 Å². The monoisotopic (exact) mass is 353 g/mol. The largest absolute Gasteiger partial charge is 0.335 e. The van der Waals surface area contributed by atoms with Crippen LogP contribution < -0.4 is 11.2 Å². The number of para-hydroxylation sites is 1. The van der Waals surface area contributed by atoms with E-state index in [0.717, 1.165) is 16.8 Å². The number of nitrogens with two attached hydrogens (primary N) is 1. The SMILES string of the molecule is Cc1ccc(-c2nnc(SC(C)C(=O)Nc3ccccc3)n2N)cc1. The number of nitrogen functional groups attached to an aromatic ring is 1. The van der Waals surface area contributed by atoms with Crippen molar-refractivity contribution in [3.63, 3.8) is 0 Å². The highest BCUT2D eigenvalue weighted by atomic mass is 32.2. The van der Waals surface area contributed by atoms with Crippen LogP contribution in [0, 0.1) is 6.92 Å². The van der Waals surface area contributed by atoms with Gasteiger partial charge in [0.15, 0.2) is 5.82 Å². The molecule has 0 spiro atoms. The molecule has 6 nitrogen and oxygen atoms in total. The number of nitrogens with one attached hydrogen (secondary N) is 1. The molecule has 0 aliphatic rings. The van der Waals surface area contributed by atoms with E-state index in [1.807, 2.05) is 68.4 Å². The second-order valence-electron chi connectivity index (χ2n) is 5.66. The van der Waals surface area contributed by atoms with Crippen molar-refractivity contribution in [2.75, 3.05) is 11.2 Å². The van der Waals surface area contributed by atoms with Gasteiger partial charge in [0.2, 0.25) is 11.1 Å². The molecular weight excluding hydrogens is 334 g/mol. The molecule has 3 rings (SSSR count). The maximum Gasteiger partial charge on any atom is 0.237 e. The van der Waals surface area contributed by atoms with Crippen molar-refractivity contribution in [1.29, 1.82) is 0 Å². The summed E-state index contributed by atoms with van der Waals surface area (Å²) in [5, 5.41) is 11.3. The van der Waals surface area contributed by atoms with Gasteiger partial charge in [0.05, 0.1) is 5.25 Å². The first kappa shape index (κ1) is 17.0. The number of benzene rings is 2. The molecule has 0 aliphatic heterocycles. The van der Waals surface area contributed by atoms with Gasteiger partial charge in [-0.15, -0.1) is 10.2 Å². The maximum absolute atomic E-state index is 12.3. The molecule has 0 radical (unpaired) electrons. The highest BCUT2D eigenvalue weighted by molar-refractivity contribution is 8.00. The Morgan fingerprint density at radius 1 is 1.12 bits per heavy atom. The van der Waals surface area contributed by atoms with Crippen LogP contribution in [0.3, 0.4) is 0 Å². The summed E-state index contributed by atoms with van der Waals surface area (Å²) in [7, 11) is 0. The van der Waals surface area contributed by atoms with Gasteiger partial charge in [-0.1, -0.05) is 59.8 Å². The third-order valence-electron chi connectivity index (χ3n) is 3.67. The average molecular weight is 353 g/mol. The first-order chi connectivity index (χ1) is 12.0. The predicted octanol–water partition coefficient (Wildman–Crippen LogP) is 3.09. The molecule has 0 saturated heterocycles. The lowest BCUT2D eigenvalue weighted by molar-refractivity contribution is -0.115. The molecule has 128 valence electrons. The summed E-state index contributed by atoms with van der Waals surface area (Å²) < 4.78 is 1.42. The smallest absolute Gasteiger partial charge is 0.237 e.